The summed E-state index contributed by atoms with van der Waals surface area (Å²) >= 11 is 0. The van der Waals surface area contributed by atoms with Crippen LogP contribution in [-0.4, -0.2) is 36.4 Å². The van der Waals surface area contributed by atoms with E-state index in [4.69, 9.17) is 14.6 Å². The molecule has 0 heterocycles. The third kappa shape index (κ3) is 4.16. The van der Waals surface area contributed by atoms with E-state index in [1.54, 1.807) is 0 Å². The lowest BCUT2D eigenvalue weighted by atomic mass is 9.49. The minimum atomic E-state index is -0.580. The summed E-state index contributed by atoms with van der Waals surface area (Å²) in [6.07, 6.45) is 11.4. The molecule has 0 aromatic rings. The fraction of sp³-hybridized carbons (Fsp3) is 0.923. The van der Waals surface area contributed by atoms with E-state index in [1.807, 2.05) is 6.92 Å². The predicted octanol–water partition coefficient (Wildman–Crippen LogP) is 5.53. The van der Waals surface area contributed by atoms with Crippen LogP contribution in [0.25, 0.3) is 0 Å². The van der Waals surface area contributed by atoms with Crippen molar-refractivity contribution in [3.05, 3.63) is 0 Å². The number of hydrogen-bond donors (Lipinski definition) is 1. The maximum Gasteiger partial charge on any atom is 0.508 e. The van der Waals surface area contributed by atoms with Gasteiger partial charge in [0.1, 0.15) is 11.9 Å². The summed E-state index contributed by atoms with van der Waals surface area (Å²) in [4.78, 5) is 24.4. The Morgan fingerprint density at radius 3 is 2.45 bits per heavy atom. The Morgan fingerprint density at radius 1 is 0.968 bits per heavy atom. The molecule has 4 aliphatic carbocycles. The number of fused-ring (bicyclic) bond motifs is 5. The Bertz CT molecular complexity index is 677. The lowest BCUT2D eigenvalue weighted by Crippen LogP contribution is -2.50. The third-order valence-corrected chi connectivity index (χ3v) is 10.1. The van der Waals surface area contributed by atoms with Gasteiger partial charge in [-0.15, -0.1) is 0 Å². The number of aliphatic hydroxyl groups excluding tert-OH is 1. The van der Waals surface area contributed by atoms with Crippen molar-refractivity contribution in [2.75, 3.05) is 13.2 Å². The summed E-state index contributed by atoms with van der Waals surface area (Å²) in [5.74, 6) is 3.46. The minimum Gasteiger partial charge on any atom is -0.434 e. The molecule has 0 aromatic heterocycles. The van der Waals surface area contributed by atoms with Crippen molar-refractivity contribution >= 4 is 11.9 Å². The van der Waals surface area contributed by atoms with Gasteiger partial charge >= 0.3 is 6.16 Å². The highest BCUT2D eigenvalue weighted by Crippen LogP contribution is 2.66. The molecular formula is C26H42O5. The van der Waals surface area contributed by atoms with E-state index in [2.05, 4.69) is 13.8 Å². The van der Waals surface area contributed by atoms with Gasteiger partial charge in [0.2, 0.25) is 0 Å². The molecular weight excluding hydrogens is 392 g/mol. The zero-order valence-corrected chi connectivity index (χ0v) is 19.7. The molecule has 4 rings (SSSR count). The topological polar surface area (TPSA) is 72.8 Å². The van der Waals surface area contributed by atoms with Crippen LogP contribution in [-0.2, 0) is 14.3 Å². The molecule has 1 N–H and O–H groups in total. The number of ketones is 1. The fourth-order valence-electron chi connectivity index (χ4n) is 8.59. The second-order valence-electron chi connectivity index (χ2n) is 11.5. The van der Waals surface area contributed by atoms with Crippen molar-refractivity contribution < 1.29 is 24.2 Å². The highest BCUT2D eigenvalue weighted by atomic mass is 16.7. The number of carbonyl (C=O) groups excluding carboxylic acids is 2. The highest BCUT2D eigenvalue weighted by Gasteiger charge is 2.59. The highest BCUT2D eigenvalue weighted by molar-refractivity contribution is 5.79. The van der Waals surface area contributed by atoms with Crippen LogP contribution < -0.4 is 0 Å². The number of Topliss-reactive ketones (excluding diaryl/α,β-unsaturated/α-hetero) is 1. The van der Waals surface area contributed by atoms with Gasteiger partial charge in [0.05, 0.1) is 6.61 Å². The summed E-state index contributed by atoms with van der Waals surface area (Å²) in [7, 11) is 0. The van der Waals surface area contributed by atoms with Crippen molar-refractivity contribution in [2.45, 2.75) is 97.5 Å². The van der Waals surface area contributed by atoms with Crippen LogP contribution in [0.5, 0.6) is 0 Å². The van der Waals surface area contributed by atoms with Crippen molar-refractivity contribution in [3.63, 3.8) is 0 Å². The summed E-state index contributed by atoms with van der Waals surface area (Å²) in [6, 6.07) is 0. The van der Waals surface area contributed by atoms with E-state index < -0.39 is 6.16 Å². The normalized spacial score (nSPS) is 44.4. The summed E-state index contributed by atoms with van der Waals surface area (Å²) in [5, 5.41) is 8.85. The first kappa shape index (κ1) is 23.1. The monoisotopic (exact) mass is 434 g/mol. The van der Waals surface area contributed by atoms with E-state index in [0.717, 1.165) is 37.5 Å². The van der Waals surface area contributed by atoms with Crippen molar-refractivity contribution in [1.82, 2.24) is 0 Å². The van der Waals surface area contributed by atoms with Gasteiger partial charge in [-0.25, -0.2) is 4.79 Å². The average Bonchev–Trinajstić information content (AvgIpc) is 3.00. The summed E-state index contributed by atoms with van der Waals surface area (Å²) in [5.41, 5.74) is 0.527. The van der Waals surface area contributed by atoms with E-state index in [-0.39, 0.29) is 30.7 Å². The quantitative estimate of drug-likeness (QED) is 0.455. The Morgan fingerprint density at radius 2 is 1.71 bits per heavy atom. The molecule has 5 heteroatoms. The van der Waals surface area contributed by atoms with Gasteiger partial charge in [-0.05, 0) is 99.2 Å². The van der Waals surface area contributed by atoms with Crippen molar-refractivity contribution in [2.24, 2.45) is 40.4 Å². The van der Waals surface area contributed by atoms with Crippen LogP contribution in [0.2, 0.25) is 0 Å². The second-order valence-corrected chi connectivity index (χ2v) is 11.5. The SMILES string of the molecule is CC(=O)[C@H]1CC[C@H]2[C@H]3CCC[C@H]4C[C@H](OC(=O)OCCCO)CC[C@]4(C)[C@H]3CC[C@]12C. The molecule has 0 aromatic carbocycles. The van der Waals surface area contributed by atoms with E-state index >= 15 is 0 Å². The number of hydrogen-bond acceptors (Lipinski definition) is 5. The zero-order valence-electron chi connectivity index (χ0n) is 19.7. The van der Waals surface area contributed by atoms with Gasteiger partial charge in [0.25, 0.3) is 0 Å². The Kier molecular flexibility index (Phi) is 6.72. The van der Waals surface area contributed by atoms with Crippen molar-refractivity contribution in [3.8, 4) is 0 Å². The molecule has 0 spiro atoms. The van der Waals surface area contributed by atoms with Crippen LogP contribution in [0.1, 0.15) is 91.4 Å². The van der Waals surface area contributed by atoms with Gasteiger partial charge < -0.3 is 14.6 Å². The zero-order chi connectivity index (χ0) is 22.2. The fourth-order valence-corrected chi connectivity index (χ4v) is 8.59. The van der Waals surface area contributed by atoms with Crippen LogP contribution >= 0.6 is 0 Å². The van der Waals surface area contributed by atoms with Crippen LogP contribution in [0.15, 0.2) is 0 Å². The first-order valence-electron chi connectivity index (χ1n) is 12.7. The van der Waals surface area contributed by atoms with Crippen LogP contribution in [0.3, 0.4) is 0 Å². The molecule has 5 nitrogen and oxygen atoms in total. The van der Waals surface area contributed by atoms with E-state index in [1.165, 1.54) is 38.5 Å². The molecule has 0 aliphatic heterocycles. The summed E-state index contributed by atoms with van der Waals surface area (Å²) < 4.78 is 10.8. The third-order valence-electron chi connectivity index (χ3n) is 10.1. The first-order valence-corrected chi connectivity index (χ1v) is 12.7. The lowest BCUT2D eigenvalue weighted by Gasteiger charge is -2.56. The molecule has 0 unspecified atom stereocenters. The Hall–Kier alpha value is -1.10. The van der Waals surface area contributed by atoms with Gasteiger partial charge in [0.15, 0.2) is 0 Å². The summed E-state index contributed by atoms with van der Waals surface area (Å²) in [6.45, 7) is 6.99. The number of rotatable bonds is 5. The van der Waals surface area contributed by atoms with Crippen LogP contribution in [0, 0.1) is 40.4 Å². The standard InChI is InChI=1S/C26H42O5/c1-17(28)21-8-9-22-20-7-4-6-18-16-19(31-24(29)30-15-5-14-27)10-12-25(18,2)23(20)11-13-26(21,22)3/h18-23,27H,4-16H2,1-3H3/t18-,19+,20+,21+,22-,23-,25-,26+/m0/s1. The number of ether oxygens (including phenoxy) is 2. The molecule has 176 valence electrons. The predicted molar refractivity (Wildman–Crippen MR) is 118 cm³/mol. The van der Waals surface area contributed by atoms with Gasteiger partial charge in [0, 0.05) is 18.9 Å². The second kappa shape index (κ2) is 9.03. The number of carbonyl (C=O) groups is 2. The molecule has 0 amide bonds. The minimum absolute atomic E-state index is 0.0207. The lowest BCUT2D eigenvalue weighted by molar-refractivity contribution is -0.129. The maximum atomic E-state index is 12.4. The molecule has 0 saturated heterocycles. The molecule has 4 saturated carbocycles. The molecule has 0 bridgehead atoms. The van der Waals surface area contributed by atoms with Gasteiger partial charge in [-0.2, -0.15) is 0 Å². The molecule has 0 radical (unpaired) electrons. The Balaban J connectivity index is 1.44. The van der Waals surface area contributed by atoms with E-state index in [9.17, 15) is 9.59 Å². The van der Waals surface area contributed by atoms with Gasteiger partial charge in [-0.1, -0.05) is 20.3 Å². The smallest absolute Gasteiger partial charge is 0.434 e. The molecule has 4 fully saturated rings. The Labute approximate surface area is 187 Å². The molecule has 4 aliphatic rings. The van der Waals surface area contributed by atoms with Crippen molar-refractivity contribution in [1.29, 1.82) is 0 Å². The van der Waals surface area contributed by atoms with Gasteiger partial charge in [-0.3, -0.25) is 4.79 Å². The molecule has 31 heavy (non-hydrogen) atoms. The first-order chi connectivity index (χ1) is 14.8. The number of aliphatic hydroxyl groups is 1. The maximum absolute atomic E-state index is 12.4. The van der Waals surface area contributed by atoms with E-state index in [0.29, 0.717) is 29.5 Å². The van der Waals surface area contributed by atoms with Crippen LogP contribution in [0.4, 0.5) is 4.79 Å². The largest absolute Gasteiger partial charge is 0.508 e. The average molecular weight is 435 g/mol. The molecule has 8 atom stereocenters.